The zero-order valence-corrected chi connectivity index (χ0v) is 13.5. The molecule has 1 aromatic carbocycles. The number of carbonyl (C=O) groups excluding carboxylic acids is 1. The number of hydrogen-bond donors (Lipinski definition) is 1. The normalized spacial score (nSPS) is 12.6. The first kappa shape index (κ1) is 15.1. The fourth-order valence-corrected chi connectivity index (χ4v) is 2.68. The highest BCUT2D eigenvalue weighted by Crippen LogP contribution is 2.34. The van der Waals surface area contributed by atoms with Gasteiger partial charge in [0.1, 0.15) is 12.1 Å². The molecule has 0 atom stereocenters. The van der Waals surface area contributed by atoms with Gasteiger partial charge in [0.2, 0.25) is 12.7 Å². The molecule has 0 saturated heterocycles. The summed E-state index contributed by atoms with van der Waals surface area (Å²) >= 11 is 0. The molecule has 4 rings (SSSR count). The maximum absolute atomic E-state index is 12.5. The van der Waals surface area contributed by atoms with Crippen molar-refractivity contribution in [1.82, 2.24) is 24.8 Å². The smallest absolute Gasteiger partial charge is 0.296 e. The van der Waals surface area contributed by atoms with Crippen molar-refractivity contribution in [3.05, 3.63) is 34.2 Å². The Kier molecular flexibility index (Phi) is 3.38. The lowest BCUT2D eigenvalue weighted by Crippen LogP contribution is -2.31. The maximum atomic E-state index is 12.5. The largest absolute Gasteiger partial charge is 0.454 e. The van der Waals surface area contributed by atoms with Crippen LogP contribution in [0.15, 0.2) is 23.0 Å². The first-order chi connectivity index (χ1) is 12.0. The molecule has 0 unspecified atom stereocenters. The van der Waals surface area contributed by atoms with E-state index in [4.69, 9.17) is 9.47 Å². The van der Waals surface area contributed by atoms with Gasteiger partial charge in [-0.25, -0.2) is 0 Å². The number of aryl methyl sites for hydroxylation is 2. The molecule has 10 heteroatoms. The van der Waals surface area contributed by atoms with Gasteiger partial charge in [-0.3, -0.25) is 14.3 Å². The van der Waals surface area contributed by atoms with Crippen LogP contribution in [0, 0.1) is 6.92 Å². The molecule has 25 heavy (non-hydrogen) atoms. The van der Waals surface area contributed by atoms with E-state index in [0.717, 1.165) is 4.68 Å². The minimum atomic E-state index is -0.422. The standard InChI is InChI=1S/C15H14N6O4/c1-8-13-14(20(2)18-8)15(23)21(19-17-13)6-12(22)16-9-3-4-10-11(5-9)25-7-24-10/h3-5H,6-7H2,1-2H3,(H,16,22). The van der Waals surface area contributed by atoms with Gasteiger partial charge in [0.15, 0.2) is 17.0 Å². The molecule has 3 aromatic rings. The first-order valence-electron chi connectivity index (χ1n) is 7.49. The summed E-state index contributed by atoms with van der Waals surface area (Å²) < 4.78 is 12.9. The van der Waals surface area contributed by atoms with Gasteiger partial charge in [0.25, 0.3) is 5.56 Å². The summed E-state index contributed by atoms with van der Waals surface area (Å²) in [5.74, 6) is 0.771. The van der Waals surface area contributed by atoms with Crippen molar-refractivity contribution in [1.29, 1.82) is 0 Å². The number of hydrogen-bond acceptors (Lipinski definition) is 7. The molecule has 0 fully saturated rings. The molecule has 1 aliphatic rings. The highest BCUT2D eigenvalue weighted by molar-refractivity contribution is 5.91. The quantitative estimate of drug-likeness (QED) is 0.723. The van der Waals surface area contributed by atoms with Gasteiger partial charge in [-0.15, -0.1) is 5.10 Å². The fourth-order valence-electron chi connectivity index (χ4n) is 2.68. The van der Waals surface area contributed by atoms with E-state index in [9.17, 15) is 9.59 Å². The number of aromatic nitrogens is 5. The fraction of sp³-hybridized carbons (Fsp3) is 0.267. The van der Waals surface area contributed by atoms with Crippen LogP contribution in [0.4, 0.5) is 5.69 Å². The van der Waals surface area contributed by atoms with Gasteiger partial charge in [-0.05, 0) is 19.1 Å². The van der Waals surface area contributed by atoms with Crippen molar-refractivity contribution >= 4 is 22.6 Å². The monoisotopic (exact) mass is 342 g/mol. The second kappa shape index (κ2) is 5.58. The number of anilines is 1. The van der Waals surface area contributed by atoms with E-state index in [-0.39, 0.29) is 13.3 Å². The minimum Gasteiger partial charge on any atom is -0.454 e. The van der Waals surface area contributed by atoms with Gasteiger partial charge in [-0.1, -0.05) is 5.21 Å². The van der Waals surface area contributed by atoms with Crippen molar-refractivity contribution in [2.45, 2.75) is 13.5 Å². The molecule has 10 nitrogen and oxygen atoms in total. The summed E-state index contributed by atoms with van der Waals surface area (Å²) in [5, 5.41) is 14.6. The predicted molar refractivity (Wildman–Crippen MR) is 86.5 cm³/mol. The Morgan fingerprint density at radius 2 is 2.12 bits per heavy atom. The van der Waals surface area contributed by atoms with Crippen LogP contribution in [-0.4, -0.2) is 37.5 Å². The van der Waals surface area contributed by atoms with Crippen LogP contribution in [0.25, 0.3) is 11.0 Å². The highest BCUT2D eigenvalue weighted by atomic mass is 16.7. The van der Waals surface area contributed by atoms with E-state index >= 15 is 0 Å². The third-order valence-corrected chi connectivity index (χ3v) is 3.83. The Morgan fingerprint density at radius 3 is 2.96 bits per heavy atom. The number of fused-ring (bicyclic) bond motifs is 2. The molecule has 1 amide bonds. The molecular weight excluding hydrogens is 328 g/mol. The number of carbonyl (C=O) groups is 1. The van der Waals surface area contributed by atoms with Crippen LogP contribution in [0.2, 0.25) is 0 Å². The van der Waals surface area contributed by atoms with E-state index < -0.39 is 11.5 Å². The summed E-state index contributed by atoms with van der Waals surface area (Å²) in [6.07, 6.45) is 0. The molecule has 1 aliphatic heterocycles. The zero-order valence-electron chi connectivity index (χ0n) is 13.5. The molecule has 0 radical (unpaired) electrons. The summed E-state index contributed by atoms with van der Waals surface area (Å²) in [5.41, 5.74) is 1.46. The van der Waals surface area contributed by atoms with E-state index in [1.165, 1.54) is 4.68 Å². The second-order valence-electron chi connectivity index (χ2n) is 5.57. The van der Waals surface area contributed by atoms with E-state index in [1.54, 1.807) is 32.2 Å². The van der Waals surface area contributed by atoms with Crippen LogP contribution in [0.1, 0.15) is 5.69 Å². The topological polar surface area (TPSA) is 113 Å². The Morgan fingerprint density at radius 1 is 1.32 bits per heavy atom. The van der Waals surface area contributed by atoms with Crippen LogP contribution in [0.5, 0.6) is 11.5 Å². The van der Waals surface area contributed by atoms with Crippen molar-refractivity contribution in [3.8, 4) is 11.5 Å². The van der Waals surface area contributed by atoms with Gasteiger partial charge in [0, 0.05) is 18.8 Å². The SMILES string of the molecule is Cc1nn(C)c2c(=O)n(CC(=O)Nc3ccc4c(c3)OCO4)nnc12. The molecule has 128 valence electrons. The summed E-state index contributed by atoms with van der Waals surface area (Å²) in [7, 11) is 1.65. The predicted octanol–water partition coefficient (Wildman–Crippen LogP) is 0.201. The van der Waals surface area contributed by atoms with Crippen molar-refractivity contribution < 1.29 is 14.3 Å². The van der Waals surface area contributed by atoms with Crippen LogP contribution in [0.3, 0.4) is 0 Å². The summed E-state index contributed by atoms with van der Waals surface area (Å²) in [6.45, 7) is 1.63. The van der Waals surface area contributed by atoms with Crippen molar-refractivity contribution in [2.75, 3.05) is 12.1 Å². The zero-order chi connectivity index (χ0) is 17.6. The Balaban J connectivity index is 1.57. The van der Waals surface area contributed by atoms with E-state index in [1.807, 2.05) is 0 Å². The van der Waals surface area contributed by atoms with Crippen LogP contribution >= 0.6 is 0 Å². The molecule has 0 aliphatic carbocycles. The lowest BCUT2D eigenvalue weighted by Gasteiger charge is -2.07. The van der Waals surface area contributed by atoms with Gasteiger partial charge in [-0.2, -0.15) is 9.78 Å². The lowest BCUT2D eigenvalue weighted by molar-refractivity contribution is -0.117. The number of amides is 1. The third-order valence-electron chi connectivity index (χ3n) is 3.83. The van der Waals surface area contributed by atoms with Crippen molar-refractivity contribution in [3.63, 3.8) is 0 Å². The van der Waals surface area contributed by atoms with Crippen LogP contribution < -0.4 is 20.3 Å². The average molecular weight is 342 g/mol. The third kappa shape index (κ3) is 2.57. The number of ether oxygens (including phenoxy) is 2. The maximum Gasteiger partial charge on any atom is 0.296 e. The Hall–Kier alpha value is -3.43. The molecule has 0 bridgehead atoms. The molecule has 1 N–H and O–H groups in total. The molecule has 3 heterocycles. The van der Waals surface area contributed by atoms with Crippen LogP contribution in [-0.2, 0) is 18.4 Å². The molecule has 0 spiro atoms. The lowest BCUT2D eigenvalue weighted by atomic mass is 10.3. The molecule has 2 aromatic heterocycles. The summed E-state index contributed by atoms with van der Waals surface area (Å²) in [6, 6.07) is 5.05. The van der Waals surface area contributed by atoms with E-state index in [0.29, 0.717) is 33.9 Å². The highest BCUT2D eigenvalue weighted by Gasteiger charge is 2.17. The number of nitrogens with zero attached hydrogens (tertiary/aromatic N) is 5. The average Bonchev–Trinajstić information content (AvgIpc) is 3.14. The minimum absolute atomic E-state index is 0.155. The van der Waals surface area contributed by atoms with Gasteiger partial charge < -0.3 is 14.8 Å². The van der Waals surface area contributed by atoms with Crippen molar-refractivity contribution in [2.24, 2.45) is 7.05 Å². The molecular formula is C15H14N6O4. The van der Waals surface area contributed by atoms with Gasteiger partial charge >= 0.3 is 0 Å². The Labute approximate surface area is 141 Å². The number of rotatable bonds is 3. The number of benzene rings is 1. The van der Waals surface area contributed by atoms with Gasteiger partial charge in [0.05, 0.1) is 5.69 Å². The first-order valence-corrected chi connectivity index (χ1v) is 7.49. The molecule has 0 saturated carbocycles. The Bertz CT molecular complexity index is 1050. The summed E-state index contributed by atoms with van der Waals surface area (Å²) in [4.78, 5) is 24.7. The number of nitrogens with one attached hydrogen (secondary N) is 1. The second-order valence-corrected chi connectivity index (χ2v) is 5.57. The van der Waals surface area contributed by atoms with E-state index in [2.05, 4.69) is 20.7 Å².